The second kappa shape index (κ2) is 6.04. The summed E-state index contributed by atoms with van der Waals surface area (Å²) < 4.78 is 10.5. The number of hydrogen-bond donors (Lipinski definition) is 1. The maximum absolute atomic E-state index is 12.1. The average molecular weight is 264 g/mol. The third-order valence-electron chi connectivity index (χ3n) is 3.41. The molecule has 0 aromatic heterocycles. The molecule has 1 aliphatic heterocycles. The summed E-state index contributed by atoms with van der Waals surface area (Å²) in [6.07, 6.45) is 0.383. The lowest BCUT2D eigenvalue weighted by molar-refractivity contribution is -0.119. The summed E-state index contributed by atoms with van der Waals surface area (Å²) in [7, 11) is 3.20. The lowest BCUT2D eigenvalue weighted by Crippen LogP contribution is -2.51. The molecule has 1 aromatic rings. The maximum atomic E-state index is 12.1. The molecule has 1 unspecified atom stereocenters. The second-order valence-electron chi connectivity index (χ2n) is 4.48. The molecule has 0 bridgehead atoms. The molecule has 1 aliphatic rings. The Labute approximate surface area is 113 Å². The van der Waals surface area contributed by atoms with Gasteiger partial charge in [-0.2, -0.15) is 0 Å². The van der Waals surface area contributed by atoms with Gasteiger partial charge in [0.25, 0.3) is 0 Å². The van der Waals surface area contributed by atoms with E-state index in [1.54, 1.807) is 14.2 Å². The van der Waals surface area contributed by atoms with Gasteiger partial charge in [0.15, 0.2) is 6.29 Å². The molecule has 1 heterocycles. The zero-order valence-corrected chi connectivity index (χ0v) is 11.6. The van der Waals surface area contributed by atoms with E-state index < -0.39 is 0 Å². The summed E-state index contributed by atoms with van der Waals surface area (Å²) in [6, 6.07) is 7.58. The number of carbonyl (C=O) groups excluding carboxylic acids is 1. The lowest BCUT2D eigenvalue weighted by atomic mass is 10.1. The van der Waals surface area contributed by atoms with Gasteiger partial charge in [0.1, 0.15) is 6.04 Å². The van der Waals surface area contributed by atoms with Gasteiger partial charge in [0.2, 0.25) is 5.91 Å². The van der Waals surface area contributed by atoms with Crippen molar-refractivity contribution in [3.63, 3.8) is 0 Å². The largest absolute Gasteiger partial charge is 0.354 e. The molecule has 104 valence electrons. The van der Waals surface area contributed by atoms with E-state index in [0.717, 1.165) is 17.8 Å². The van der Waals surface area contributed by atoms with Crippen LogP contribution in [0.1, 0.15) is 13.3 Å². The van der Waals surface area contributed by atoms with Gasteiger partial charge in [-0.1, -0.05) is 19.1 Å². The average Bonchev–Trinajstić information content (AvgIpc) is 2.44. The van der Waals surface area contributed by atoms with Crippen molar-refractivity contribution in [1.29, 1.82) is 0 Å². The third kappa shape index (κ3) is 2.72. The highest BCUT2D eigenvalue weighted by Crippen LogP contribution is 2.32. The van der Waals surface area contributed by atoms with Crippen LogP contribution in [0.2, 0.25) is 0 Å². The minimum absolute atomic E-state index is 0.0205. The minimum Gasteiger partial charge on any atom is -0.354 e. The zero-order chi connectivity index (χ0) is 13.8. The predicted molar refractivity (Wildman–Crippen MR) is 74.3 cm³/mol. The molecule has 0 radical (unpaired) electrons. The van der Waals surface area contributed by atoms with E-state index in [9.17, 15) is 4.79 Å². The monoisotopic (exact) mass is 264 g/mol. The van der Waals surface area contributed by atoms with Gasteiger partial charge in [-0.05, 0) is 18.6 Å². The molecule has 1 N–H and O–H groups in total. The van der Waals surface area contributed by atoms with Crippen molar-refractivity contribution in [1.82, 2.24) is 0 Å². The molecule has 1 atom stereocenters. The van der Waals surface area contributed by atoms with E-state index in [4.69, 9.17) is 9.47 Å². The van der Waals surface area contributed by atoms with Gasteiger partial charge in [0.05, 0.1) is 17.9 Å². The van der Waals surface area contributed by atoms with Crippen molar-refractivity contribution in [2.75, 3.05) is 31.0 Å². The van der Waals surface area contributed by atoms with Gasteiger partial charge in [0, 0.05) is 14.2 Å². The van der Waals surface area contributed by atoms with E-state index in [2.05, 4.69) is 5.32 Å². The molecule has 1 amide bonds. The van der Waals surface area contributed by atoms with Crippen molar-refractivity contribution in [2.24, 2.45) is 0 Å². The Morgan fingerprint density at radius 3 is 2.63 bits per heavy atom. The summed E-state index contributed by atoms with van der Waals surface area (Å²) in [5.74, 6) is 0.0205. The molecule has 19 heavy (non-hydrogen) atoms. The Balaban J connectivity index is 2.32. The number of carbonyl (C=O) groups is 1. The van der Waals surface area contributed by atoms with Gasteiger partial charge < -0.3 is 19.7 Å². The van der Waals surface area contributed by atoms with Crippen LogP contribution in [0.25, 0.3) is 0 Å². The Hall–Kier alpha value is -1.59. The fourth-order valence-electron chi connectivity index (χ4n) is 2.39. The van der Waals surface area contributed by atoms with Crippen LogP contribution < -0.4 is 10.2 Å². The zero-order valence-electron chi connectivity index (χ0n) is 11.6. The molecular weight excluding hydrogens is 244 g/mol. The number of para-hydroxylation sites is 2. The van der Waals surface area contributed by atoms with Crippen molar-refractivity contribution in [3.8, 4) is 0 Å². The van der Waals surface area contributed by atoms with Crippen LogP contribution in [-0.2, 0) is 14.3 Å². The molecule has 1 aromatic carbocycles. The Bertz CT molecular complexity index is 446. The van der Waals surface area contributed by atoms with Gasteiger partial charge in [-0.3, -0.25) is 4.79 Å². The normalized spacial score (nSPS) is 18.4. The second-order valence-corrected chi connectivity index (χ2v) is 4.48. The Morgan fingerprint density at radius 1 is 1.32 bits per heavy atom. The van der Waals surface area contributed by atoms with Crippen molar-refractivity contribution in [3.05, 3.63) is 24.3 Å². The van der Waals surface area contributed by atoms with E-state index >= 15 is 0 Å². The number of hydrogen-bond acceptors (Lipinski definition) is 4. The minimum atomic E-state index is -0.354. The highest BCUT2D eigenvalue weighted by atomic mass is 16.7. The van der Waals surface area contributed by atoms with Gasteiger partial charge in [-0.25, -0.2) is 0 Å². The van der Waals surface area contributed by atoms with Crippen LogP contribution in [0.4, 0.5) is 11.4 Å². The first-order valence-electron chi connectivity index (χ1n) is 6.43. The third-order valence-corrected chi connectivity index (χ3v) is 3.41. The SMILES string of the molecule is CCC1C(=O)Nc2ccccc2N1CC(OC)OC. The van der Waals surface area contributed by atoms with Crippen LogP contribution in [0, 0.1) is 0 Å². The molecule has 5 heteroatoms. The number of methoxy groups -OCH3 is 2. The van der Waals surface area contributed by atoms with Crippen LogP contribution >= 0.6 is 0 Å². The molecule has 5 nitrogen and oxygen atoms in total. The number of anilines is 2. The topological polar surface area (TPSA) is 50.8 Å². The molecule has 0 saturated heterocycles. The van der Waals surface area contributed by atoms with Crippen molar-refractivity contribution < 1.29 is 14.3 Å². The van der Waals surface area contributed by atoms with Crippen molar-refractivity contribution in [2.45, 2.75) is 25.7 Å². The van der Waals surface area contributed by atoms with E-state index in [-0.39, 0.29) is 18.2 Å². The highest BCUT2D eigenvalue weighted by molar-refractivity contribution is 6.03. The Morgan fingerprint density at radius 2 is 2.00 bits per heavy atom. The number of nitrogens with zero attached hydrogens (tertiary/aromatic N) is 1. The lowest BCUT2D eigenvalue weighted by Gasteiger charge is -2.38. The van der Waals surface area contributed by atoms with Crippen molar-refractivity contribution >= 4 is 17.3 Å². The highest BCUT2D eigenvalue weighted by Gasteiger charge is 2.32. The number of ether oxygens (including phenoxy) is 2. The number of amides is 1. The van der Waals surface area contributed by atoms with E-state index in [1.807, 2.05) is 36.1 Å². The first kappa shape index (κ1) is 13.8. The predicted octanol–water partition coefficient (Wildman–Crippen LogP) is 1.84. The summed E-state index contributed by atoms with van der Waals surface area (Å²) in [6.45, 7) is 2.52. The summed E-state index contributed by atoms with van der Waals surface area (Å²) in [5.41, 5.74) is 1.84. The molecule has 0 spiro atoms. The molecular formula is C14H20N2O3. The first-order valence-corrected chi connectivity index (χ1v) is 6.43. The van der Waals surface area contributed by atoms with Crippen LogP contribution in [0.3, 0.4) is 0 Å². The fourth-order valence-corrected chi connectivity index (χ4v) is 2.39. The molecule has 0 saturated carbocycles. The first-order chi connectivity index (χ1) is 9.21. The number of fused-ring (bicyclic) bond motifs is 1. The molecule has 2 rings (SSSR count). The number of nitrogens with one attached hydrogen (secondary N) is 1. The number of rotatable bonds is 5. The summed E-state index contributed by atoms with van der Waals surface area (Å²) in [5, 5.41) is 2.94. The van der Waals surface area contributed by atoms with E-state index in [1.165, 1.54) is 0 Å². The molecule has 0 fully saturated rings. The van der Waals surface area contributed by atoms with Gasteiger partial charge >= 0.3 is 0 Å². The standard InChI is InChI=1S/C14H20N2O3/c1-4-11-14(17)15-10-7-5-6-8-12(10)16(11)9-13(18-2)19-3/h5-8,11,13H,4,9H2,1-3H3,(H,15,17). The fraction of sp³-hybridized carbons (Fsp3) is 0.500. The maximum Gasteiger partial charge on any atom is 0.247 e. The quantitative estimate of drug-likeness (QED) is 0.825. The van der Waals surface area contributed by atoms with Gasteiger partial charge in [-0.15, -0.1) is 0 Å². The number of benzene rings is 1. The molecule has 0 aliphatic carbocycles. The van der Waals surface area contributed by atoms with E-state index in [0.29, 0.717) is 6.54 Å². The summed E-state index contributed by atoms with van der Waals surface area (Å²) >= 11 is 0. The van der Waals surface area contributed by atoms with Crippen LogP contribution in [0.15, 0.2) is 24.3 Å². The van der Waals surface area contributed by atoms with Crippen LogP contribution in [0.5, 0.6) is 0 Å². The Kier molecular flexibility index (Phi) is 4.39. The smallest absolute Gasteiger partial charge is 0.247 e. The van der Waals surface area contributed by atoms with Crippen LogP contribution in [-0.4, -0.2) is 39.0 Å². The summed E-state index contributed by atoms with van der Waals surface area (Å²) in [4.78, 5) is 14.2.